The first-order valence-corrected chi connectivity index (χ1v) is 13.2. The van der Waals surface area contributed by atoms with Crippen LogP contribution in [0.2, 0.25) is 0 Å². The summed E-state index contributed by atoms with van der Waals surface area (Å²) in [5, 5.41) is 4.44. The first kappa shape index (κ1) is 25.7. The molecule has 1 aliphatic heterocycles. The summed E-state index contributed by atoms with van der Waals surface area (Å²) < 4.78 is 7.68. The summed E-state index contributed by atoms with van der Waals surface area (Å²) in [6.45, 7) is 11.3. The van der Waals surface area contributed by atoms with E-state index in [1.807, 2.05) is 69.0 Å². The topological polar surface area (TPSA) is 89.0 Å². The number of nitrogens with two attached hydrogens (primary N) is 1. The maximum Gasteiger partial charge on any atom is 0.258 e. The second-order valence-corrected chi connectivity index (χ2v) is 11.0. The third kappa shape index (κ3) is 5.65. The molecular weight excluding hydrogens is 476 g/mol. The minimum atomic E-state index is -0.463. The van der Waals surface area contributed by atoms with Crippen molar-refractivity contribution in [1.82, 2.24) is 19.5 Å². The number of piperidine rings is 1. The van der Waals surface area contributed by atoms with Crippen molar-refractivity contribution in [3.05, 3.63) is 77.5 Å². The third-order valence-electron chi connectivity index (χ3n) is 6.86. The molecule has 8 heteroatoms. The molecule has 38 heavy (non-hydrogen) atoms. The summed E-state index contributed by atoms with van der Waals surface area (Å²) in [6.07, 6.45) is 5.43. The van der Waals surface area contributed by atoms with Crippen LogP contribution in [0.1, 0.15) is 61.5 Å². The first-order chi connectivity index (χ1) is 18.2. The Kier molecular flexibility index (Phi) is 7.08. The lowest BCUT2D eigenvalue weighted by Crippen LogP contribution is -2.46. The molecule has 3 heterocycles. The van der Waals surface area contributed by atoms with E-state index in [9.17, 15) is 4.79 Å². The van der Waals surface area contributed by atoms with Crippen molar-refractivity contribution in [1.29, 1.82) is 0 Å². The number of hydrogen-bond acceptors (Lipinski definition) is 6. The van der Waals surface area contributed by atoms with Crippen molar-refractivity contribution in [2.75, 3.05) is 23.7 Å². The summed E-state index contributed by atoms with van der Waals surface area (Å²) in [4.78, 5) is 22.6. The van der Waals surface area contributed by atoms with Crippen LogP contribution in [0.15, 0.2) is 60.8 Å². The minimum absolute atomic E-state index is 0.0355. The van der Waals surface area contributed by atoms with Crippen molar-refractivity contribution < 1.29 is 9.53 Å². The van der Waals surface area contributed by atoms with Gasteiger partial charge >= 0.3 is 0 Å². The van der Waals surface area contributed by atoms with Crippen LogP contribution < -0.4 is 15.4 Å². The van der Waals surface area contributed by atoms with E-state index in [0.29, 0.717) is 28.7 Å². The van der Waals surface area contributed by atoms with E-state index in [-0.39, 0.29) is 5.91 Å². The van der Waals surface area contributed by atoms with Gasteiger partial charge in [-0.05, 0) is 89.0 Å². The molecule has 1 saturated heterocycles. The molecule has 0 atom stereocenters. The maximum atomic E-state index is 14.0. The number of aromatic nitrogens is 3. The maximum absolute atomic E-state index is 14.0. The average molecular weight is 513 g/mol. The highest BCUT2D eigenvalue weighted by molar-refractivity contribution is 6.07. The smallest absolute Gasteiger partial charge is 0.258 e. The van der Waals surface area contributed by atoms with Gasteiger partial charge in [-0.15, -0.1) is 5.10 Å². The molecule has 5 rings (SSSR count). The molecule has 2 aromatic carbocycles. The zero-order valence-electron chi connectivity index (χ0n) is 22.6. The standard InChI is InChI=1S/C30H36N6O2/c1-21-11-12-24(38-28-14-13-27-32-26(31)20-35(27)33-28)18-25(21)36(30(2,3)4)29(37)23-10-8-9-22(17-23)19-34-15-6-5-7-16-34/h8-14,17-18,20H,5-7,15-16,19,31H2,1-4H3. The lowest BCUT2D eigenvalue weighted by atomic mass is 9.99. The first-order valence-electron chi connectivity index (χ1n) is 13.2. The van der Waals surface area contributed by atoms with Gasteiger partial charge in [0.15, 0.2) is 5.65 Å². The Balaban J connectivity index is 1.43. The number of amides is 1. The number of nitrogens with zero attached hydrogens (tertiary/aromatic N) is 5. The largest absolute Gasteiger partial charge is 0.438 e. The molecule has 0 saturated carbocycles. The molecule has 1 amide bonds. The van der Waals surface area contributed by atoms with Crippen LogP contribution in [-0.4, -0.2) is 44.0 Å². The number of benzene rings is 2. The number of likely N-dealkylation sites (tertiary alicyclic amines) is 1. The van der Waals surface area contributed by atoms with Gasteiger partial charge in [-0.1, -0.05) is 24.6 Å². The molecule has 1 aliphatic rings. The van der Waals surface area contributed by atoms with E-state index in [2.05, 4.69) is 21.0 Å². The Bertz CT molecular complexity index is 1450. The van der Waals surface area contributed by atoms with E-state index in [1.165, 1.54) is 24.8 Å². The monoisotopic (exact) mass is 512 g/mol. The van der Waals surface area contributed by atoms with Crippen LogP contribution in [0.25, 0.3) is 5.65 Å². The fraction of sp³-hybridized carbons (Fsp3) is 0.367. The Morgan fingerprint density at radius 2 is 1.84 bits per heavy atom. The van der Waals surface area contributed by atoms with Crippen LogP contribution >= 0.6 is 0 Å². The quantitative estimate of drug-likeness (QED) is 0.349. The lowest BCUT2D eigenvalue weighted by molar-refractivity contribution is 0.0965. The van der Waals surface area contributed by atoms with Crippen LogP contribution in [0.5, 0.6) is 11.6 Å². The fourth-order valence-electron chi connectivity index (χ4n) is 5.03. The van der Waals surface area contributed by atoms with Gasteiger partial charge in [-0.2, -0.15) is 0 Å². The van der Waals surface area contributed by atoms with Gasteiger partial charge < -0.3 is 15.4 Å². The van der Waals surface area contributed by atoms with Gasteiger partial charge in [-0.3, -0.25) is 9.69 Å². The Morgan fingerprint density at radius 3 is 2.61 bits per heavy atom. The molecule has 0 unspecified atom stereocenters. The van der Waals surface area contributed by atoms with Gasteiger partial charge in [-0.25, -0.2) is 9.50 Å². The Labute approximate surface area is 224 Å². The highest BCUT2D eigenvalue weighted by Gasteiger charge is 2.30. The SMILES string of the molecule is Cc1ccc(Oc2ccc3nc(N)cn3n2)cc1N(C(=O)c1cccc(CN2CCCCC2)c1)C(C)(C)C. The van der Waals surface area contributed by atoms with Gasteiger partial charge in [0.05, 0.1) is 11.9 Å². The van der Waals surface area contributed by atoms with Gasteiger partial charge in [0, 0.05) is 29.8 Å². The number of hydrogen-bond donors (Lipinski definition) is 1. The zero-order chi connectivity index (χ0) is 26.9. The highest BCUT2D eigenvalue weighted by Crippen LogP contribution is 2.34. The molecule has 0 aliphatic carbocycles. The van der Waals surface area contributed by atoms with Gasteiger partial charge in [0.2, 0.25) is 5.88 Å². The zero-order valence-corrected chi connectivity index (χ0v) is 22.6. The number of nitrogen functional groups attached to an aromatic ring is 1. The molecule has 0 spiro atoms. The summed E-state index contributed by atoms with van der Waals surface area (Å²) >= 11 is 0. The second kappa shape index (κ2) is 10.5. The van der Waals surface area contributed by atoms with Gasteiger partial charge in [0.25, 0.3) is 5.91 Å². The predicted molar refractivity (Wildman–Crippen MR) is 151 cm³/mol. The number of rotatable bonds is 6. The second-order valence-electron chi connectivity index (χ2n) is 11.0. The van der Waals surface area contributed by atoms with Crippen LogP contribution in [0.4, 0.5) is 11.5 Å². The highest BCUT2D eigenvalue weighted by atomic mass is 16.5. The van der Waals surface area contributed by atoms with Crippen LogP contribution in [-0.2, 0) is 6.54 Å². The van der Waals surface area contributed by atoms with Gasteiger partial charge in [0.1, 0.15) is 11.6 Å². The molecule has 8 nitrogen and oxygen atoms in total. The van der Waals surface area contributed by atoms with E-state index in [4.69, 9.17) is 10.5 Å². The van der Waals surface area contributed by atoms with Crippen molar-refractivity contribution in [2.45, 2.75) is 59.0 Å². The number of carbonyl (C=O) groups excluding carboxylic acids is 1. The normalized spacial score (nSPS) is 14.5. The molecular formula is C30H36N6O2. The van der Waals surface area contributed by atoms with E-state index < -0.39 is 5.54 Å². The number of carbonyl (C=O) groups is 1. The summed E-state index contributed by atoms with van der Waals surface area (Å²) in [7, 11) is 0. The lowest BCUT2D eigenvalue weighted by Gasteiger charge is -2.37. The number of aryl methyl sites for hydroxylation is 1. The molecule has 0 radical (unpaired) electrons. The molecule has 0 bridgehead atoms. The minimum Gasteiger partial charge on any atom is -0.438 e. The molecule has 4 aromatic rings. The predicted octanol–water partition coefficient (Wildman–Crippen LogP) is 5.84. The molecule has 1 fully saturated rings. The number of imidazole rings is 1. The Hall–Kier alpha value is -3.91. The van der Waals surface area contributed by atoms with Crippen molar-refractivity contribution in [2.24, 2.45) is 0 Å². The molecule has 198 valence electrons. The summed E-state index contributed by atoms with van der Waals surface area (Å²) in [6, 6.07) is 17.4. The van der Waals surface area contributed by atoms with Crippen LogP contribution in [0, 0.1) is 6.92 Å². The molecule has 2 aromatic heterocycles. The van der Waals surface area contributed by atoms with E-state index in [1.54, 1.807) is 22.8 Å². The Morgan fingerprint density at radius 1 is 1.05 bits per heavy atom. The summed E-state index contributed by atoms with van der Waals surface area (Å²) in [5.74, 6) is 1.36. The molecule has 2 N–H and O–H groups in total. The van der Waals surface area contributed by atoms with Crippen molar-refractivity contribution in [3.8, 4) is 11.6 Å². The van der Waals surface area contributed by atoms with Crippen molar-refractivity contribution >= 4 is 23.1 Å². The van der Waals surface area contributed by atoms with E-state index in [0.717, 1.165) is 30.9 Å². The third-order valence-corrected chi connectivity index (χ3v) is 6.86. The number of ether oxygens (including phenoxy) is 1. The fourth-order valence-corrected chi connectivity index (χ4v) is 5.03. The number of anilines is 2. The number of fused-ring (bicyclic) bond motifs is 1. The average Bonchev–Trinajstić information content (AvgIpc) is 3.25. The van der Waals surface area contributed by atoms with Crippen LogP contribution in [0.3, 0.4) is 0 Å². The van der Waals surface area contributed by atoms with Crippen molar-refractivity contribution in [3.63, 3.8) is 0 Å². The summed E-state index contributed by atoms with van der Waals surface area (Å²) in [5.41, 5.74) is 9.60. The van der Waals surface area contributed by atoms with E-state index >= 15 is 0 Å².